The first kappa shape index (κ1) is 15.0. The molecule has 2 aromatic carbocycles. The summed E-state index contributed by atoms with van der Waals surface area (Å²) in [7, 11) is 0. The Labute approximate surface area is 123 Å². The molecule has 0 aliphatic carbocycles. The third kappa shape index (κ3) is 3.40. The first-order valence-corrected chi connectivity index (χ1v) is 6.72. The van der Waals surface area contributed by atoms with Crippen LogP contribution in [0.5, 0.6) is 0 Å². The molecule has 0 saturated heterocycles. The average Bonchev–Trinajstić information content (AvgIpc) is 2.42. The molecule has 0 atom stereocenters. The smallest absolute Gasteiger partial charge is 0.337 e. The van der Waals surface area contributed by atoms with Gasteiger partial charge in [-0.3, -0.25) is 0 Å². The van der Waals surface area contributed by atoms with Crippen LogP contribution in [-0.2, 0) is 6.54 Å². The highest BCUT2D eigenvalue weighted by molar-refractivity contribution is 5.94. The Morgan fingerprint density at radius 1 is 1.14 bits per heavy atom. The van der Waals surface area contributed by atoms with Crippen molar-refractivity contribution in [1.29, 1.82) is 0 Å². The van der Waals surface area contributed by atoms with Crippen molar-refractivity contribution in [3.05, 3.63) is 64.0 Å². The van der Waals surface area contributed by atoms with Gasteiger partial charge in [-0.05, 0) is 55.2 Å². The SMILES string of the molecule is Cc1ccc(C(=O)O)c(NCc2cc(C)c(F)c(C)c2)c1. The summed E-state index contributed by atoms with van der Waals surface area (Å²) in [6.45, 7) is 5.80. The summed E-state index contributed by atoms with van der Waals surface area (Å²) in [4.78, 5) is 11.2. The van der Waals surface area contributed by atoms with Crippen LogP contribution in [0.2, 0.25) is 0 Å². The molecule has 0 aliphatic rings. The van der Waals surface area contributed by atoms with Gasteiger partial charge in [0.1, 0.15) is 5.82 Å². The van der Waals surface area contributed by atoms with Crippen LogP contribution in [0, 0.1) is 26.6 Å². The first-order chi connectivity index (χ1) is 9.88. The number of halogens is 1. The molecule has 110 valence electrons. The van der Waals surface area contributed by atoms with Gasteiger partial charge in [-0.1, -0.05) is 18.2 Å². The van der Waals surface area contributed by atoms with Gasteiger partial charge in [-0.2, -0.15) is 0 Å². The van der Waals surface area contributed by atoms with Gasteiger partial charge in [-0.15, -0.1) is 0 Å². The van der Waals surface area contributed by atoms with Crippen molar-refractivity contribution < 1.29 is 14.3 Å². The minimum Gasteiger partial charge on any atom is -0.478 e. The van der Waals surface area contributed by atoms with Gasteiger partial charge in [0.25, 0.3) is 0 Å². The van der Waals surface area contributed by atoms with Crippen molar-refractivity contribution in [3.8, 4) is 0 Å². The summed E-state index contributed by atoms with van der Waals surface area (Å²) < 4.78 is 13.6. The lowest BCUT2D eigenvalue weighted by molar-refractivity contribution is 0.0698. The zero-order valence-corrected chi connectivity index (χ0v) is 12.3. The molecule has 0 aromatic heterocycles. The van der Waals surface area contributed by atoms with Crippen molar-refractivity contribution in [1.82, 2.24) is 0 Å². The van der Waals surface area contributed by atoms with Crippen LogP contribution in [0.15, 0.2) is 30.3 Å². The van der Waals surface area contributed by atoms with Crippen LogP contribution in [0.4, 0.5) is 10.1 Å². The zero-order valence-electron chi connectivity index (χ0n) is 12.3. The van der Waals surface area contributed by atoms with E-state index in [-0.39, 0.29) is 11.4 Å². The molecule has 0 radical (unpaired) electrons. The molecule has 21 heavy (non-hydrogen) atoms. The largest absolute Gasteiger partial charge is 0.478 e. The molecule has 0 spiro atoms. The number of aryl methyl sites for hydroxylation is 3. The Balaban J connectivity index is 2.24. The molecule has 0 unspecified atom stereocenters. The Bertz CT molecular complexity index is 672. The molecule has 2 aromatic rings. The van der Waals surface area contributed by atoms with E-state index < -0.39 is 5.97 Å². The van der Waals surface area contributed by atoms with Crippen LogP contribution in [0.3, 0.4) is 0 Å². The average molecular weight is 287 g/mol. The van der Waals surface area contributed by atoms with Gasteiger partial charge in [0.05, 0.1) is 5.56 Å². The third-order valence-electron chi connectivity index (χ3n) is 3.38. The maximum Gasteiger partial charge on any atom is 0.337 e. The number of anilines is 1. The summed E-state index contributed by atoms with van der Waals surface area (Å²) in [5, 5.41) is 12.3. The van der Waals surface area contributed by atoms with Crippen LogP contribution in [0.25, 0.3) is 0 Å². The van der Waals surface area contributed by atoms with E-state index in [0.717, 1.165) is 11.1 Å². The standard InChI is InChI=1S/C17H18FNO2/c1-10-4-5-14(17(20)21)15(6-10)19-9-13-7-11(2)16(18)12(3)8-13/h4-8,19H,9H2,1-3H3,(H,20,21). The van der Waals surface area contributed by atoms with Crippen molar-refractivity contribution >= 4 is 11.7 Å². The van der Waals surface area contributed by atoms with Crippen molar-refractivity contribution in [3.63, 3.8) is 0 Å². The predicted molar refractivity (Wildman–Crippen MR) is 81.3 cm³/mol. The highest BCUT2D eigenvalue weighted by Gasteiger charge is 2.10. The molecule has 2 N–H and O–H groups in total. The van der Waals surface area contributed by atoms with Crippen LogP contribution in [-0.4, -0.2) is 11.1 Å². The lowest BCUT2D eigenvalue weighted by atomic mass is 10.1. The fourth-order valence-corrected chi connectivity index (χ4v) is 2.33. The second kappa shape index (κ2) is 5.95. The summed E-state index contributed by atoms with van der Waals surface area (Å²) in [6, 6.07) is 8.69. The minimum atomic E-state index is -0.969. The first-order valence-electron chi connectivity index (χ1n) is 6.72. The lowest BCUT2D eigenvalue weighted by Crippen LogP contribution is -2.07. The molecule has 0 heterocycles. The second-order valence-electron chi connectivity index (χ2n) is 5.25. The van der Waals surface area contributed by atoms with E-state index in [0.29, 0.717) is 23.4 Å². The highest BCUT2D eigenvalue weighted by Crippen LogP contribution is 2.20. The monoisotopic (exact) mass is 287 g/mol. The lowest BCUT2D eigenvalue weighted by Gasteiger charge is -2.12. The van der Waals surface area contributed by atoms with Crippen LogP contribution < -0.4 is 5.32 Å². The second-order valence-corrected chi connectivity index (χ2v) is 5.25. The molecule has 0 saturated carbocycles. The number of hydrogen-bond acceptors (Lipinski definition) is 2. The fraction of sp³-hybridized carbons (Fsp3) is 0.235. The Morgan fingerprint density at radius 3 is 2.33 bits per heavy atom. The summed E-state index contributed by atoms with van der Waals surface area (Å²) in [5.74, 6) is -1.16. The molecule has 4 heteroatoms. The highest BCUT2D eigenvalue weighted by atomic mass is 19.1. The summed E-state index contributed by atoms with van der Waals surface area (Å²) in [5.41, 5.74) is 3.89. The summed E-state index contributed by atoms with van der Waals surface area (Å²) in [6.07, 6.45) is 0. The molecule has 0 bridgehead atoms. The number of benzene rings is 2. The number of carboxylic acid groups (broad SMARTS) is 1. The number of nitrogens with one attached hydrogen (secondary N) is 1. The van der Waals surface area contributed by atoms with E-state index in [4.69, 9.17) is 0 Å². The third-order valence-corrected chi connectivity index (χ3v) is 3.38. The Morgan fingerprint density at radius 2 is 1.76 bits per heavy atom. The number of hydrogen-bond donors (Lipinski definition) is 2. The van der Waals surface area contributed by atoms with Crippen molar-refractivity contribution in [2.75, 3.05) is 5.32 Å². The number of carboxylic acids is 1. The summed E-state index contributed by atoms with van der Waals surface area (Å²) >= 11 is 0. The van der Waals surface area contributed by atoms with Crippen LogP contribution in [0.1, 0.15) is 32.6 Å². The molecule has 0 fully saturated rings. The fourth-order valence-electron chi connectivity index (χ4n) is 2.33. The van der Waals surface area contributed by atoms with Gasteiger partial charge in [-0.25, -0.2) is 9.18 Å². The molecular weight excluding hydrogens is 269 g/mol. The topological polar surface area (TPSA) is 49.3 Å². The number of aromatic carboxylic acids is 1. The van der Waals surface area contributed by atoms with E-state index in [1.807, 2.05) is 6.92 Å². The van der Waals surface area contributed by atoms with Crippen molar-refractivity contribution in [2.45, 2.75) is 27.3 Å². The normalized spacial score (nSPS) is 10.5. The van der Waals surface area contributed by atoms with Crippen LogP contribution >= 0.6 is 0 Å². The van der Waals surface area contributed by atoms with E-state index in [1.54, 1.807) is 44.2 Å². The molecular formula is C17H18FNO2. The zero-order chi connectivity index (χ0) is 15.6. The maximum atomic E-state index is 13.6. The predicted octanol–water partition coefficient (Wildman–Crippen LogP) is 4.06. The van der Waals surface area contributed by atoms with Gasteiger partial charge >= 0.3 is 5.97 Å². The van der Waals surface area contributed by atoms with E-state index >= 15 is 0 Å². The van der Waals surface area contributed by atoms with Gasteiger partial charge in [0.15, 0.2) is 0 Å². The van der Waals surface area contributed by atoms with Crippen molar-refractivity contribution in [2.24, 2.45) is 0 Å². The van der Waals surface area contributed by atoms with Gasteiger partial charge < -0.3 is 10.4 Å². The Kier molecular flexibility index (Phi) is 4.26. The van der Waals surface area contributed by atoms with Gasteiger partial charge in [0.2, 0.25) is 0 Å². The Hall–Kier alpha value is -2.36. The van der Waals surface area contributed by atoms with E-state index in [2.05, 4.69) is 5.32 Å². The number of carbonyl (C=O) groups is 1. The maximum absolute atomic E-state index is 13.6. The molecule has 3 nitrogen and oxygen atoms in total. The molecule has 2 rings (SSSR count). The quantitative estimate of drug-likeness (QED) is 0.891. The minimum absolute atomic E-state index is 0.194. The van der Waals surface area contributed by atoms with E-state index in [1.165, 1.54) is 0 Å². The number of rotatable bonds is 4. The van der Waals surface area contributed by atoms with Gasteiger partial charge in [0, 0.05) is 12.2 Å². The molecule has 0 aliphatic heterocycles. The van der Waals surface area contributed by atoms with E-state index in [9.17, 15) is 14.3 Å². The molecule has 0 amide bonds.